The number of aliphatic imine (C=N–C) groups is 1. The van der Waals surface area contributed by atoms with E-state index in [0.717, 1.165) is 62.5 Å². The Morgan fingerprint density at radius 3 is 1.12 bits per heavy atom. The van der Waals surface area contributed by atoms with Crippen molar-refractivity contribution in [3.63, 3.8) is 0 Å². The Balaban J connectivity index is 0.000000199. The maximum absolute atomic E-state index is 13.9. The van der Waals surface area contributed by atoms with Crippen LogP contribution in [0.4, 0.5) is 0 Å². The van der Waals surface area contributed by atoms with Gasteiger partial charge in [0.25, 0.3) is 11.8 Å². The van der Waals surface area contributed by atoms with Crippen LogP contribution < -0.4 is 54.8 Å². The van der Waals surface area contributed by atoms with Crippen molar-refractivity contribution in [3.8, 4) is 0 Å². The molecular formula is C94H122Cl2N14O6. The third-order valence-corrected chi connectivity index (χ3v) is 23.1. The van der Waals surface area contributed by atoms with Crippen LogP contribution in [0.1, 0.15) is 180 Å². The maximum atomic E-state index is 13.9. The molecule has 0 bridgehead atoms. The number of nitrogens with one attached hydrogen (secondary N) is 6. The van der Waals surface area contributed by atoms with Gasteiger partial charge in [0.15, 0.2) is 5.96 Å². The largest absolute Gasteiger partial charge is 0.370 e. The summed E-state index contributed by atoms with van der Waals surface area (Å²) in [5.41, 5.74) is 33.1. The first kappa shape index (κ1) is 90.2. The Bertz CT molecular complexity index is 4030. The summed E-state index contributed by atoms with van der Waals surface area (Å²) in [6, 6.07) is 71.6. The molecule has 0 radical (unpaired) electrons. The smallest absolute Gasteiger partial charge is 0.251 e. The van der Waals surface area contributed by atoms with E-state index < -0.39 is 0 Å². The Labute approximate surface area is 697 Å². The number of amides is 6. The van der Waals surface area contributed by atoms with Gasteiger partial charge in [0.05, 0.1) is 28.2 Å². The zero-order valence-electron chi connectivity index (χ0n) is 68.0. The van der Waals surface area contributed by atoms with Gasteiger partial charge in [-0.15, -0.1) is 0 Å². The molecule has 0 spiro atoms. The summed E-state index contributed by atoms with van der Waals surface area (Å²) in [5.74, 6) is 0.368. The number of rotatable bonds is 35. The first-order valence-electron chi connectivity index (χ1n) is 41.6. The number of guanidine groups is 1. The molecule has 0 saturated carbocycles. The van der Waals surface area contributed by atoms with Gasteiger partial charge in [-0.25, -0.2) is 0 Å². The number of nitrogens with two attached hydrogens (primary N) is 4. The van der Waals surface area contributed by atoms with Crippen LogP contribution in [0.25, 0.3) is 0 Å². The fourth-order valence-corrected chi connectivity index (χ4v) is 15.8. The number of aryl methyl sites for hydroxylation is 2. The molecule has 3 fully saturated rings. The molecule has 8 aromatic rings. The van der Waals surface area contributed by atoms with Crippen LogP contribution in [0, 0.1) is 19.8 Å². The summed E-state index contributed by atoms with van der Waals surface area (Å²) in [4.78, 5) is 90.0. The highest BCUT2D eigenvalue weighted by molar-refractivity contribution is 6.42. The Hall–Kier alpha value is -9.77. The average molecular weight is 1620 g/mol. The van der Waals surface area contributed by atoms with Gasteiger partial charge in [-0.2, -0.15) is 0 Å². The molecule has 116 heavy (non-hydrogen) atoms. The lowest BCUT2D eigenvalue weighted by molar-refractivity contribution is -0.133. The molecule has 14 N–H and O–H groups in total. The van der Waals surface area contributed by atoms with E-state index in [2.05, 4.69) is 148 Å². The lowest BCUT2D eigenvalue weighted by atomic mass is 9.90. The van der Waals surface area contributed by atoms with Gasteiger partial charge in [-0.3, -0.25) is 33.8 Å². The number of unbranched alkanes of at least 4 members (excludes halogenated alkanes) is 1. The van der Waals surface area contributed by atoms with Crippen LogP contribution in [0.5, 0.6) is 0 Å². The van der Waals surface area contributed by atoms with E-state index in [1.165, 1.54) is 33.4 Å². The van der Waals surface area contributed by atoms with Crippen LogP contribution in [0.2, 0.25) is 10.0 Å². The topological polar surface area (TPSA) is 301 Å². The van der Waals surface area contributed by atoms with E-state index in [4.69, 9.17) is 46.1 Å². The molecule has 3 aliphatic heterocycles. The first-order valence-corrected chi connectivity index (χ1v) is 42.4. The molecule has 22 heteroatoms. The molecular weight excluding hydrogens is 1490 g/mol. The minimum atomic E-state index is -0.368. The minimum absolute atomic E-state index is 0.00145. The van der Waals surface area contributed by atoms with Crippen LogP contribution in [-0.2, 0) is 19.2 Å². The Morgan fingerprint density at radius 1 is 0.448 bits per heavy atom. The first-order chi connectivity index (χ1) is 56.3. The number of benzene rings is 8. The SMILES string of the molecule is CCCCC(CC)C(=O)NC[C@@H]1CCN(CC(c2ccccc2)c2ccccc2)C(=O)[C@H](CCCN=C(N)N)N1.Cc1ccc(C(=O)NC[C@@H]2CCN(CC(c3ccccc3)c3ccccc3)C(=O)[C@H](CCCN)N2)cc1C.NCCC[C@@H]1N[C@H](CNC(=O)c2ccc(Cl)c(Cl)c2)CCN(CC(c2ccccc2)c2ccccc2)C1=O. The quantitative estimate of drug-likeness (QED) is 0.0101. The summed E-state index contributed by atoms with van der Waals surface area (Å²) in [6.07, 6.45) is 10.2. The molecule has 3 heterocycles. The number of halogens is 2. The fraction of sp³-hybridized carbons (Fsp3) is 0.415. The number of carbonyl (C=O) groups excluding carboxylic acids is 6. The summed E-state index contributed by atoms with van der Waals surface area (Å²) >= 11 is 12.1. The van der Waals surface area contributed by atoms with E-state index in [1.54, 1.807) is 18.2 Å². The molecule has 8 aromatic carbocycles. The lowest BCUT2D eigenvalue weighted by Crippen LogP contribution is -2.49. The van der Waals surface area contributed by atoms with E-state index in [9.17, 15) is 28.8 Å². The van der Waals surface area contributed by atoms with Gasteiger partial charge in [-0.1, -0.05) is 238 Å². The third-order valence-electron chi connectivity index (χ3n) is 22.4. The third kappa shape index (κ3) is 28.0. The lowest BCUT2D eigenvalue weighted by Gasteiger charge is -2.29. The summed E-state index contributed by atoms with van der Waals surface area (Å²) in [5, 5.41) is 20.6. The monoisotopic (exact) mass is 1610 g/mol. The van der Waals surface area contributed by atoms with Crippen molar-refractivity contribution in [1.82, 2.24) is 46.6 Å². The van der Waals surface area contributed by atoms with Crippen molar-refractivity contribution in [2.45, 2.75) is 165 Å². The minimum Gasteiger partial charge on any atom is -0.370 e. The van der Waals surface area contributed by atoms with Crippen molar-refractivity contribution in [1.29, 1.82) is 0 Å². The summed E-state index contributed by atoms with van der Waals surface area (Å²) in [6.45, 7) is 14.8. The predicted molar refractivity (Wildman–Crippen MR) is 470 cm³/mol. The Kier molecular flexibility index (Phi) is 37.4. The number of carbonyl (C=O) groups is 6. The molecule has 1 unspecified atom stereocenters. The van der Waals surface area contributed by atoms with Gasteiger partial charge in [0, 0.05) is 118 Å². The second-order valence-electron chi connectivity index (χ2n) is 30.7. The molecule has 3 saturated heterocycles. The van der Waals surface area contributed by atoms with E-state index >= 15 is 0 Å². The highest BCUT2D eigenvalue weighted by atomic mass is 35.5. The summed E-state index contributed by atoms with van der Waals surface area (Å²) in [7, 11) is 0. The molecule has 3 aliphatic rings. The van der Waals surface area contributed by atoms with Crippen LogP contribution >= 0.6 is 23.2 Å². The van der Waals surface area contributed by atoms with Crippen molar-refractivity contribution < 1.29 is 28.8 Å². The summed E-state index contributed by atoms with van der Waals surface area (Å²) < 4.78 is 0. The molecule has 618 valence electrons. The maximum Gasteiger partial charge on any atom is 0.251 e. The normalized spacial score (nSPS) is 18.0. The van der Waals surface area contributed by atoms with Crippen molar-refractivity contribution in [2.24, 2.45) is 33.8 Å². The van der Waals surface area contributed by atoms with Gasteiger partial charge in [0.1, 0.15) is 0 Å². The van der Waals surface area contributed by atoms with Gasteiger partial charge in [-0.05, 0) is 172 Å². The highest BCUT2D eigenvalue weighted by Crippen LogP contribution is 2.32. The van der Waals surface area contributed by atoms with E-state index in [1.807, 2.05) is 132 Å². The standard InChI is InChI=1S/C32H48N6O2.C32H40N4O2.C30H34Cl2N4O2/c1-3-5-13-24(4-2)30(39)36-22-27-19-21-38(31(40)29(37-27)18-12-20-35-32(33)34)23-28(25-14-8-6-9-15-25)26-16-10-7-11-17-26;1-23-15-16-27(20-24(23)2)31(37)34-21-28-17-19-36(32(38)30(35-28)14-9-18-33)22-29(25-10-5-3-6-11-25)26-12-7-4-8-13-26;31-26-14-13-23(18-27(26)32)29(37)34-19-24-15-17-36(30(38)28(35-24)12-7-16-33)20-25(21-8-3-1-4-9-21)22-10-5-2-6-11-22/h6-11,14-17,24,27-29,37H,3-5,12-13,18-23H2,1-2H3,(H,36,39)(H4,33,34,35);3-8,10-13,15-16,20,28-30,35H,9,14,17-19,21-22,33H2,1-2H3,(H,34,37);1-6,8-11,13-14,18,24-25,28,35H,7,12,15-17,19-20,33H2,(H,34,37)/t24?,27-,29-;28-,30-;24-,28-/m000/s1. The van der Waals surface area contributed by atoms with Crippen LogP contribution in [-0.4, -0.2) is 171 Å². The second kappa shape index (κ2) is 48.1. The van der Waals surface area contributed by atoms with Crippen LogP contribution in [0.15, 0.2) is 223 Å². The van der Waals surface area contributed by atoms with E-state index in [-0.39, 0.29) is 101 Å². The second-order valence-corrected chi connectivity index (χ2v) is 31.6. The molecule has 0 aromatic heterocycles. The molecule has 0 aliphatic carbocycles. The highest BCUT2D eigenvalue weighted by Gasteiger charge is 2.37. The Morgan fingerprint density at radius 2 is 0.793 bits per heavy atom. The zero-order valence-corrected chi connectivity index (χ0v) is 69.6. The van der Waals surface area contributed by atoms with Crippen molar-refractivity contribution in [3.05, 3.63) is 284 Å². The number of hydrogen-bond donors (Lipinski definition) is 10. The fourth-order valence-electron chi connectivity index (χ4n) is 15.5. The molecule has 20 nitrogen and oxygen atoms in total. The van der Waals surface area contributed by atoms with Gasteiger partial charge in [0.2, 0.25) is 23.6 Å². The van der Waals surface area contributed by atoms with Crippen molar-refractivity contribution in [2.75, 3.05) is 78.5 Å². The van der Waals surface area contributed by atoms with Gasteiger partial charge >= 0.3 is 0 Å². The van der Waals surface area contributed by atoms with Gasteiger partial charge < -0.3 is 69.5 Å². The molecule has 11 rings (SSSR count). The predicted octanol–water partition coefficient (Wildman–Crippen LogP) is 12.8. The van der Waals surface area contributed by atoms with E-state index in [0.29, 0.717) is 132 Å². The number of nitrogens with zero attached hydrogens (tertiary/aromatic N) is 4. The molecule has 6 amide bonds. The zero-order chi connectivity index (χ0) is 82.6. The molecule has 7 atom stereocenters. The number of hydrogen-bond acceptors (Lipinski definition) is 12. The average Bonchev–Trinajstić information content (AvgIpc) is 1.80. The van der Waals surface area contributed by atoms with Crippen molar-refractivity contribution >= 4 is 64.6 Å². The van der Waals surface area contributed by atoms with Crippen LogP contribution in [0.3, 0.4) is 0 Å².